The largest absolute Gasteiger partial charge is 0.492 e. The molecule has 1 aliphatic carbocycles. The summed E-state index contributed by atoms with van der Waals surface area (Å²) in [4.78, 5) is 41.2. The molecule has 4 rings (SSSR count). The second-order valence-corrected chi connectivity index (χ2v) is 6.99. The maximum atomic E-state index is 13.2. The highest BCUT2D eigenvalue weighted by Crippen LogP contribution is 2.51. The Balaban J connectivity index is 1.94. The van der Waals surface area contributed by atoms with Gasteiger partial charge in [0.25, 0.3) is 0 Å². The molecule has 0 saturated carbocycles. The fourth-order valence-electron chi connectivity index (χ4n) is 4.47. The number of nitrogens with zero attached hydrogens (tertiary/aromatic N) is 2. The first-order valence-corrected chi connectivity index (χ1v) is 8.62. The Labute approximate surface area is 156 Å². The van der Waals surface area contributed by atoms with Crippen LogP contribution in [0.3, 0.4) is 0 Å². The fourth-order valence-corrected chi connectivity index (χ4v) is 4.47. The van der Waals surface area contributed by atoms with Crippen LogP contribution in [0.5, 0.6) is 17.2 Å². The summed E-state index contributed by atoms with van der Waals surface area (Å²) < 4.78 is 16.6. The minimum Gasteiger partial charge on any atom is -0.492 e. The number of fused-ring (bicyclic) bond motifs is 3. The van der Waals surface area contributed by atoms with Gasteiger partial charge in [0.05, 0.1) is 13.2 Å². The summed E-state index contributed by atoms with van der Waals surface area (Å²) in [6.45, 7) is 0.0820. The number of carbonyl (C=O) groups is 3. The quantitative estimate of drug-likeness (QED) is 0.739. The van der Waals surface area contributed by atoms with E-state index in [2.05, 4.69) is 5.32 Å². The van der Waals surface area contributed by atoms with Gasteiger partial charge in [-0.3, -0.25) is 14.5 Å². The highest BCUT2D eigenvalue weighted by atomic mass is 16.7. The summed E-state index contributed by atoms with van der Waals surface area (Å²) >= 11 is 0. The maximum Gasteiger partial charge on any atom is 0.326 e. The van der Waals surface area contributed by atoms with Crippen LogP contribution in [0.2, 0.25) is 0 Å². The number of amides is 4. The Morgan fingerprint density at radius 2 is 2.07 bits per heavy atom. The molecular formula is C18H21N3O6. The van der Waals surface area contributed by atoms with E-state index in [0.29, 0.717) is 23.7 Å². The zero-order valence-corrected chi connectivity index (χ0v) is 15.6. The Morgan fingerprint density at radius 1 is 1.33 bits per heavy atom. The van der Waals surface area contributed by atoms with Crippen molar-refractivity contribution >= 4 is 17.8 Å². The molecule has 1 aromatic carbocycles. The van der Waals surface area contributed by atoms with Crippen LogP contribution in [0.25, 0.3) is 0 Å². The molecule has 144 valence electrons. The third-order valence-corrected chi connectivity index (χ3v) is 5.83. The van der Waals surface area contributed by atoms with Gasteiger partial charge in [-0.25, -0.2) is 4.79 Å². The van der Waals surface area contributed by atoms with Crippen LogP contribution in [0.15, 0.2) is 6.07 Å². The van der Waals surface area contributed by atoms with Crippen LogP contribution in [0, 0.1) is 5.41 Å². The van der Waals surface area contributed by atoms with Crippen molar-refractivity contribution in [1.82, 2.24) is 15.1 Å². The van der Waals surface area contributed by atoms with Crippen molar-refractivity contribution < 1.29 is 28.6 Å². The van der Waals surface area contributed by atoms with Gasteiger partial charge in [0.2, 0.25) is 24.4 Å². The van der Waals surface area contributed by atoms with E-state index in [0.717, 1.165) is 16.0 Å². The third-order valence-electron chi connectivity index (χ3n) is 5.83. The number of likely N-dealkylation sites (N-methyl/N-ethyl adjacent to an activating group) is 1. The Morgan fingerprint density at radius 3 is 2.74 bits per heavy atom. The van der Waals surface area contributed by atoms with E-state index in [9.17, 15) is 14.4 Å². The molecule has 0 spiro atoms. The standard InChI is InChI=1S/C18H21N3O6/c1-19-15(22)18-7-10-9(5-11-14(13(10)25-4)27-8-26-11)6-12(18)20(2)17(24)21(3)16(18)23/h5,12H,6-8H2,1-4H3,(H,19,22)/t12-,18+/m0/s1. The molecule has 2 heterocycles. The average molecular weight is 375 g/mol. The van der Waals surface area contributed by atoms with Crippen LogP contribution >= 0.6 is 0 Å². The zero-order valence-electron chi connectivity index (χ0n) is 15.6. The average Bonchev–Trinajstić information content (AvgIpc) is 3.15. The molecule has 4 amide bonds. The smallest absolute Gasteiger partial charge is 0.326 e. The zero-order chi connectivity index (χ0) is 19.5. The number of imide groups is 1. The van der Waals surface area contributed by atoms with E-state index in [4.69, 9.17) is 14.2 Å². The van der Waals surface area contributed by atoms with Crippen LogP contribution < -0.4 is 19.5 Å². The van der Waals surface area contributed by atoms with Crippen molar-refractivity contribution in [2.24, 2.45) is 5.41 Å². The number of methoxy groups -OCH3 is 1. The molecule has 2 aliphatic heterocycles. The van der Waals surface area contributed by atoms with Crippen LogP contribution in [-0.4, -0.2) is 68.7 Å². The Hall–Kier alpha value is -2.97. The summed E-state index contributed by atoms with van der Waals surface area (Å²) in [6.07, 6.45) is 0.435. The van der Waals surface area contributed by atoms with Gasteiger partial charge in [0.15, 0.2) is 16.9 Å². The van der Waals surface area contributed by atoms with E-state index >= 15 is 0 Å². The van der Waals surface area contributed by atoms with Gasteiger partial charge < -0.3 is 24.4 Å². The maximum absolute atomic E-state index is 13.2. The van der Waals surface area contributed by atoms with Crippen molar-refractivity contribution in [3.05, 3.63) is 17.2 Å². The van der Waals surface area contributed by atoms with Gasteiger partial charge in [-0.05, 0) is 18.1 Å². The lowest BCUT2D eigenvalue weighted by Crippen LogP contribution is -2.71. The molecule has 2 atom stereocenters. The molecule has 0 radical (unpaired) electrons. The second kappa shape index (κ2) is 5.77. The predicted octanol–water partition coefficient (Wildman–Crippen LogP) is 0.147. The lowest BCUT2D eigenvalue weighted by Gasteiger charge is -2.51. The monoisotopic (exact) mass is 375 g/mol. The van der Waals surface area contributed by atoms with Gasteiger partial charge in [0, 0.05) is 33.1 Å². The molecule has 27 heavy (non-hydrogen) atoms. The third kappa shape index (κ3) is 2.08. The van der Waals surface area contributed by atoms with E-state index in [1.807, 2.05) is 6.07 Å². The fraction of sp³-hybridized carbons (Fsp3) is 0.500. The summed E-state index contributed by atoms with van der Waals surface area (Å²) in [5.74, 6) is 0.570. The highest BCUT2D eigenvalue weighted by molar-refractivity contribution is 6.13. The van der Waals surface area contributed by atoms with Gasteiger partial charge >= 0.3 is 6.03 Å². The van der Waals surface area contributed by atoms with Crippen molar-refractivity contribution in [1.29, 1.82) is 0 Å². The molecule has 1 N–H and O–H groups in total. The summed E-state index contributed by atoms with van der Waals surface area (Å²) in [5, 5.41) is 2.61. The van der Waals surface area contributed by atoms with E-state index in [1.165, 1.54) is 26.1 Å². The minimum absolute atomic E-state index is 0.0820. The number of hydrogen-bond donors (Lipinski definition) is 1. The number of benzene rings is 1. The Bertz CT molecular complexity index is 869. The molecule has 1 aromatic rings. The van der Waals surface area contributed by atoms with Crippen molar-refractivity contribution in [3.8, 4) is 17.2 Å². The molecule has 9 nitrogen and oxygen atoms in total. The lowest BCUT2D eigenvalue weighted by atomic mass is 9.64. The SMILES string of the molecule is CNC(=O)[C@@]12Cc3c(cc4c(c3OC)OCO4)C[C@@H]1N(C)C(=O)N(C)C2=O. The Kier molecular flexibility index (Phi) is 3.72. The summed E-state index contributed by atoms with van der Waals surface area (Å²) in [6, 6.07) is 0.807. The number of urea groups is 1. The van der Waals surface area contributed by atoms with E-state index in [-0.39, 0.29) is 13.2 Å². The van der Waals surface area contributed by atoms with Gasteiger partial charge in [-0.2, -0.15) is 0 Å². The molecule has 1 fully saturated rings. The first-order chi connectivity index (χ1) is 12.9. The lowest BCUT2D eigenvalue weighted by molar-refractivity contribution is -0.157. The van der Waals surface area contributed by atoms with Crippen molar-refractivity contribution in [3.63, 3.8) is 0 Å². The van der Waals surface area contributed by atoms with Crippen molar-refractivity contribution in [2.75, 3.05) is 35.0 Å². The normalized spacial score (nSPS) is 25.9. The topological polar surface area (TPSA) is 97.4 Å². The molecule has 9 heteroatoms. The minimum atomic E-state index is -1.43. The summed E-state index contributed by atoms with van der Waals surface area (Å²) in [7, 11) is 6.02. The molecule has 1 saturated heterocycles. The summed E-state index contributed by atoms with van der Waals surface area (Å²) in [5.41, 5.74) is 0.170. The number of rotatable bonds is 2. The number of nitrogens with one attached hydrogen (secondary N) is 1. The molecule has 0 unspecified atom stereocenters. The first-order valence-electron chi connectivity index (χ1n) is 8.62. The number of ether oxygens (including phenoxy) is 3. The highest BCUT2D eigenvalue weighted by Gasteiger charge is 2.62. The van der Waals surface area contributed by atoms with E-state index < -0.39 is 29.3 Å². The molecule has 3 aliphatic rings. The second-order valence-electron chi connectivity index (χ2n) is 6.99. The molecule has 0 aromatic heterocycles. The predicted molar refractivity (Wildman–Crippen MR) is 92.7 cm³/mol. The number of carbonyl (C=O) groups excluding carboxylic acids is 3. The van der Waals surface area contributed by atoms with Crippen LogP contribution in [-0.2, 0) is 22.4 Å². The molecular weight excluding hydrogens is 354 g/mol. The first kappa shape index (κ1) is 17.4. The van der Waals surface area contributed by atoms with Crippen molar-refractivity contribution in [2.45, 2.75) is 18.9 Å². The van der Waals surface area contributed by atoms with Gasteiger partial charge in [-0.1, -0.05) is 0 Å². The number of hydrogen-bond acceptors (Lipinski definition) is 6. The van der Waals surface area contributed by atoms with Crippen LogP contribution in [0.1, 0.15) is 11.1 Å². The molecule has 0 bridgehead atoms. The van der Waals surface area contributed by atoms with Crippen LogP contribution in [0.4, 0.5) is 4.79 Å². The van der Waals surface area contributed by atoms with E-state index in [1.54, 1.807) is 7.05 Å². The van der Waals surface area contributed by atoms with Gasteiger partial charge in [-0.15, -0.1) is 0 Å². The van der Waals surface area contributed by atoms with Gasteiger partial charge in [0.1, 0.15) is 0 Å².